The van der Waals surface area contributed by atoms with Crippen molar-refractivity contribution in [1.29, 1.82) is 5.26 Å². The SMILES string of the molecule is CCC[C@@H](C#N)NC(=O)c1cnn(C)c1. The van der Waals surface area contributed by atoms with Crippen molar-refractivity contribution in [3.63, 3.8) is 0 Å². The van der Waals surface area contributed by atoms with Crippen LogP contribution in [0.5, 0.6) is 0 Å². The first-order valence-electron chi connectivity index (χ1n) is 4.86. The van der Waals surface area contributed by atoms with E-state index in [1.54, 1.807) is 17.9 Å². The Labute approximate surface area is 88.7 Å². The minimum Gasteiger partial charge on any atom is -0.336 e. The van der Waals surface area contributed by atoms with Crippen LogP contribution in [0.1, 0.15) is 30.1 Å². The van der Waals surface area contributed by atoms with Crippen molar-refractivity contribution in [2.75, 3.05) is 0 Å². The van der Waals surface area contributed by atoms with Gasteiger partial charge in [0.05, 0.1) is 17.8 Å². The smallest absolute Gasteiger partial charge is 0.255 e. The molecule has 0 spiro atoms. The van der Waals surface area contributed by atoms with Crippen LogP contribution in [-0.2, 0) is 7.05 Å². The van der Waals surface area contributed by atoms with Gasteiger partial charge in [0, 0.05) is 13.2 Å². The molecule has 1 aromatic heterocycles. The summed E-state index contributed by atoms with van der Waals surface area (Å²) in [5.74, 6) is -0.247. The van der Waals surface area contributed by atoms with Gasteiger partial charge in [0.2, 0.25) is 0 Å². The Morgan fingerprint density at radius 1 is 1.80 bits per heavy atom. The summed E-state index contributed by atoms with van der Waals surface area (Å²) in [6.07, 6.45) is 4.64. The summed E-state index contributed by atoms with van der Waals surface area (Å²) in [6, 6.07) is 1.64. The number of hydrogen-bond acceptors (Lipinski definition) is 3. The normalized spacial score (nSPS) is 11.8. The van der Waals surface area contributed by atoms with Gasteiger partial charge in [0.25, 0.3) is 5.91 Å². The maximum atomic E-state index is 11.6. The van der Waals surface area contributed by atoms with E-state index in [0.29, 0.717) is 12.0 Å². The molecule has 1 N–H and O–H groups in total. The molecule has 0 unspecified atom stereocenters. The highest BCUT2D eigenvalue weighted by Gasteiger charge is 2.13. The molecule has 0 radical (unpaired) electrons. The van der Waals surface area contributed by atoms with Gasteiger partial charge >= 0.3 is 0 Å². The van der Waals surface area contributed by atoms with E-state index in [1.807, 2.05) is 6.92 Å². The third-order valence-corrected chi connectivity index (χ3v) is 2.01. The minimum atomic E-state index is -0.414. The van der Waals surface area contributed by atoms with Gasteiger partial charge in [-0.2, -0.15) is 10.4 Å². The average Bonchev–Trinajstić information content (AvgIpc) is 2.64. The number of carbonyl (C=O) groups excluding carboxylic acids is 1. The largest absolute Gasteiger partial charge is 0.336 e. The first-order valence-corrected chi connectivity index (χ1v) is 4.86. The molecule has 80 valence electrons. The fourth-order valence-electron chi connectivity index (χ4n) is 1.24. The molecule has 1 amide bonds. The number of hydrogen-bond donors (Lipinski definition) is 1. The maximum Gasteiger partial charge on any atom is 0.255 e. The first-order chi connectivity index (χ1) is 7.17. The third kappa shape index (κ3) is 3.09. The van der Waals surface area contributed by atoms with Crippen LogP contribution in [0.3, 0.4) is 0 Å². The zero-order valence-corrected chi connectivity index (χ0v) is 8.90. The molecule has 5 heteroatoms. The van der Waals surface area contributed by atoms with Crippen LogP contribution in [0, 0.1) is 11.3 Å². The Morgan fingerprint density at radius 2 is 2.53 bits per heavy atom. The molecule has 0 aliphatic rings. The van der Waals surface area contributed by atoms with Crippen LogP contribution in [0.4, 0.5) is 0 Å². The first kappa shape index (κ1) is 11.2. The van der Waals surface area contributed by atoms with Gasteiger partial charge in [0.15, 0.2) is 0 Å². The Hall–Kier alpha value is -1.83. The lowest BCUT2D eigenvalue weighted by Crippen LogP contribution is -2.33. The molecular weight excluding hydrogens is 192 g/mol. The van der Waals surface area contributed by atoms with Gasteiger partial charge in [-0.1, -0.05) is 13.3 Å². The number of nitrogens with one attached hydrogen (secondary N) is 1. The number of nitrogens with zero attached hydrogens (tertiary/aromatic N) is 3. The second-order valence-corrected chi connectivity index (χ2v) is 3.35. The number of aryl methyl sites for hydroxylation is 1. The Bertz CT molecular complexity index is 377. The molecule has 1 rings (SSSR count). The van der Waals surface area contributed by atoms with Crippen LogP contribution >= 0.6 is 0 Å². The zero-order valence-electron chi connectivity index (χ0n) is 8.90. The van der Waals surface area contributed by atoms with Crippen molar-refractivity contribution >= 4 is 5.91 Å². The van der Waals surface area contributed by atoms with Crippen molar-refractivity contribution in [3.05, 3.63) is 18.0 Å². The van der Waals surface area contributed by atoms with Crippen LogP contribution in [-0.4, -0.2) is 21.7 Å². The van der Waals surface area contributed by atoms with Crippen molar-refractivity contribution in [3.8, 4) is 6.07 Å². The number of carbonyl (C=O) groups is 1. The van der Waals surface area contributed by atoms with Gasteiger partial charge in [0.1, 0.15) is 6.04 Å². The number of rotatable bonds is 4. The van der Waals surface area contributed by atoms with Crippen LogP contribution in [0.15, 0.2) is 12.4 Å². The molecule has 0 aromatic carbocycles. The average molecular weight is 206 g/mol. The van der Waals surface area contributed by atoms with Crippen molar-refractivity contribution in [2.24, 2.45) is 7.05 Å². The zero-order chi connectivity index (χ0) is 11.3. The van der Waals surface area contributed by atoms with E-state index >= 15 is 0 Å². The second kappa shape index (κ2) is 5.15. The molecule has 15 heavy (non-hydrogen) atoms. The fraction of sp³-hybridized carbons (Fsp3) is 0.500. The molecule has 1 aromatic rings. The number of nitriles is 1. The summed E-state index contributed by atoms with van der Waals surface area (Å²) >= 11 is 0. The monoisotopic (exact) mass is 206 g/mol. The van der Waals surface area contributed by atoms with Crippen LogP contribution < -0.4 is 5.32 Å². The van der Waals surface area contributed by atoms with E-state index in [1.165, 1.54) is 6.20 Å². The molecule has 0 aliphatic carbocycles. The molecule has 0 aliphatic heterocycles. The van der Waals surface area contributed by atoms with E-state index < -0.39 is 6.04 Å². The quantitative estimate of drug-likeness (QED) is 0.793. The van der Waals surface area contributed by atoms with E-state index in [0.717, 1.165) is 6.42 Å². The lowest BCUT2D eigenvalue weighted by atomic mass is 10.2. The molecule has 5 nitrogen and oxygen atoms in total. The van der Waals surface area contributed by atoms with Gasteiger partial charge in [-0.3, -0.25) is 9.48 Å². The topological polar surface area (TPSA) is 70.7 Å². The van der Waals surface area contributed by atoms with Gasteiger partial charge in [-0.15, -0.1) is 0 Å². The third-order valence-electron chi connectivity index (χ3n) is 2.01. The molecule has 0 fully saturated rings. The molecule has 0 saturated carbocycles. The van der Waals surface area contributed by atoms with E-state index in [2.05, 4.69) is 16.5 Å². The van der Waals surface area contributed by atoms with E-state index in [9.17, 15) is 4.79 Å². The maximum absolute atomic E-state index is 11.6. The van der Waals surface area contributed by atoms with Gasteiger partial charge in [-0.05, 0) is 6.42 Å². The second-order valence-electron chi connectivity index (χ2n) is 3.35. The van der Waals surface area contributed by atoms with Gasteiger partial charge < -0.3 is 5.32 Å². The van der Waals surface area contributed by atoms with Gasteiger partial charge in [-0.25, -0.2) is 0 Å². The van der Waals surface area contributed by atoms with E-state index in [4.69, 9.17) is 5.26 Å². The molecule has 0 bridgehead atoms. The Kier molecular flexibility index (Phi) is 3.86. The van der Waals surface area contributed by atoms with Crippen LogP contribution in [0.2, 0.25) is 0 Å². The lowest BCUT2D eigenvalue weighted by Gasteiger charge is -2.08. The lowest BCUT2D eigenvalue weighted by molar-refractivity contribution is 0.0944. The van der Waals surface area contributed by atoms with Crippen LogP contribution in [0.25, 0.3) is 0 Å². The molecular formula is C10H14N4O. The highest BCUT2D eigenvalue weighted by molar-refractivity contribution is 5.94. The predicted octanol–water partition coefficient (Wildman–Crippen LogP) is 0.842. The minimum absolute atomic E-state index is 0.247. The Morgan fingerprint density at radius 3 is 3.00 bits per heavy atom. The summed E-state index contributed by atoms with van der Waals surface area (Å²) in [5.41, 5.74) is 0.480. The van der Waals surface area contributed by atoms with E-state index in [-0.39, 0.29) is 5.91 Å². The van der Waals surface area contributed by atoms with Crippen molar-refractivity contribution in [2.45, 2.75) is 25.8 Å². The molecule has 0 saturated heterocycles. The standard InChI is InChI=1S/C10H14N4O/c1-3-4-9(5-11)13-10(15)8-6-12-14(2)7-8/h6-7,9H,3-4H2,1-2H3,(H,13,15)/t9-/m0/s1. The summed E-state index contributed by atoms with van der Waals surface area (Å²) < 4.78 is 1.55. The summed E-state index contributed by atoms with van der Waals surface area (Å²) in [7, 11) is 1.74. The summed E-state index contributed by atoms with van der Waals surface area (Å²) in [6.45, 7) is 1.97. The predicted molar refractivity (Wildman–Crippen MR) is 55.0 cm³/mol. The Balaban J connectivity index is 2.59. The highest BCUT2D eigenvalue weighted by atomic mass is 16.1. The molecule has 1 heterocycles. The molecule has 1 atom stereocenters. The van der Waals surface area contributed by atoms with Crippen molar-refractivity contribution in [1.82, 2.24) is 15.1 Å². The number of aromatic nitrogens is 2. The van der Waals surface area contributed by atoms with Crippen molar-refractivity contribution < 1.29 is 4.79 Å². The number of amides is 1. The summed E-state index contributed by atoms with van der Waals surface area (Å²) in [5, 5.41) is 15.3. The highest BCUT2D eigenvalue weighted by Crippen LogP contribution is 2.00. The summed E-state index contributed by atoms with van der Waals surface area (Å²) in [4.78, 5) is 11.6. The fourth-order valence-corrected chi connectivity index (χ4v) is 1.24.